The molecule has 0 aliphatic rings. The lowest BCUT2D eigenvalue weighted by atomic mass is 10.1. The molecule has 0 N–H and O–H groups in total. The second kappa shape index (κ2) is 3.97. The average Bonchev–Trinajstić information content (AvgIpc) is 2.01. The zero-order valence-corrected chi connectivity index (χ0v) is 7.89. The second-order valence-corrected chi connectivity index (χ2v) is 3.29. The van der Waals surface area contributed by atoms with Crippen molar-refractivity contribution in [2.45, 2.75) is 20.8 Å². The van der Waals surface area contributed by atoms with Crippen molar-refractivity contribution in [1.29, 1.82) is 0 Å². The maximum atomic E-state index is 3.14. The van der Waals surface area contributed by atoms with Crippen LogP contribution in [0.3, 0.4) is 0 Å². The van der Waals surface area contributed by atoms with Crippen LogP contribution in [0.4, 0.5) is 0 Å². The molecule has 0 amide bonds. The van der Waals surface area contributed by atoms with E-state index in [1.807, 2.05) is 12.1 Å². The van der Waals surface area contributed by atoms with Crippen LogP contribution in [0.5, 0.6) is 0 Å². The molecule has 0 heterocycles. The highest BCUT2D eigenvalue weighted by Gasteiger charge is 1.87. The molecule has 0 heteroatoms. The van der Waals surface area contributed by atoms with Gasteiger partial charge in [-0.3, -0.25) is 0 Å². The van der Waals surface area contributed by atoms with Gasteiger partial charge in [-0.1, -0.05) is 37.8 Å². The summed E-state index contributed by atoms with van der Waals surface area (Å²) in [5.41, 5.74) is 2.38. The van der Waals surface area contributed by atoms with Crippen LogP contribution >= 0.6 is 0 Å². The third-order valence-electron chi connectivity index (χ3n) is 1.52. The first kappa shape index (κ1) is 8.87. The van der Waals surface area contributed by atoms with Crippen molar-refractivity contribution in [1.82, 2.24) is 0 Å². The van der Waals surface area contributed by atoms with Crippen LogP contribution < -0.4 is 0 Å². The van der Waals surface area contributed by atoms with E-state index in [1.165, 1.54) is 5.56 Å². The molecule has 0 spiro atoms. The van der Waals surface area contributed by atoms with E-state index in [-0.39, 0.29) is 0 Å². The van der Waals surface area contributed by atoms with Crippen molar-refractivity contribution < 1.29 is 0 Å². The predicted octanol–water partition coefficient (Wildman–Crippen LogP) is 3.00. The van der Waals surface area contributed by atoms with Gasteiger partial charge in [-0.25, -0.2) is 0 Å². The molecule has 0 aliphatic heterocycles. The fourth-order valence-electron chi connectivity index (χ4n) is 0.950. The van der Waals surface area contributed by atoms with E-state index in [9.17, 15) is 0 Å². The first-order valence-corrected chi connectivity index (χ1v) is 4.26. The van der Waals surface area contributed by atoms with E-state index >= 15 is 0 Å². The molecule has 1 aromatic carbocycles. The lowest BCUT2D eigenvalue weighted by Crippen LogP contribution is -1.80. The normalized spacial score (nSPS) is 9.33. The maximum absolute atomic E-state index is 3.14. The lowest BCUT2D eigenvalue weighted by molar-refractivity contribution is 0.866. The molecule has 0 radical (unpaired) electrons. The Bertz CT molecular complexity index is 310. The molecule has 0 saturated carbocycles. The number of aryl methyl sites for hydroxylation is 1. The minimum atomic E-state index is 0.450. The summed E-state index contributed by atoms with van der Waals surface area (Å²) in [6, 6.07) is 8.28. The molecule has 62 valence electrons. The summed E-state index contributed by atoms with van der Waals surface area (Å²) >= 11 is 0. The quantitative estimate of drug-likeness (QED) is 0.509. The van der Waals surface area contributed by atoms with Gasteiger partial charge in [-0.05, 0) is 24.6 Å². The van der Waals surface area contributed by atoms with Crippen LogP contribution in [0, 0.1) is 24.7 Å². The Hall–Kier alpha value is -1.22. The number of benzene rings is 1. The Balaban J connectivity index is 2.85. The monoisotopic (exact) mass is 158 g/mol. The van der Waals surface area contributed by atoms with Crippen LogP contribution in [0.2, 0.25) is 0 Å². The molecule has 1 aromatic rings. The maximum Gasteiger partial charge on any atom is 0.0247 e. The molecule has 0 aromatic heterocycles. The van der Waals surface area contributed by atoms with Crippen molar-refractivity contribution in [3.8, 4) is 11.8 Å². The SMILES string of the molecule is Cc1cccc(C#CC(C)C)c1. The van der Waals surface area contributed by atoms with Gasteiger partial charge in [0.1, 0.15) is 0 Å². The van der Waals surface area contributed by atoms with E-state index in [2.05, 4.69) is 44.7 Å². The van der Waals surface area contributed by atoms with Crippen molar-refractivity contribution in [3.63, 3.8) is 0 Å². The van der Waals surface area contributed by atoms with Gasteiger partial charge in [0.25, 0.3) is 0 Å². The Morgan fingerprint density at radius 2 is 2.00 bits per heavy atom. The fraction of sp³-hybridized carbons (Fsp3) is 0.333. The molecular formula is C12H14. The van der Waals surface area contributed by atoms with Gasteiger partial charge in [0.05, 0.1) is 0 Å². The average molecular weight is 158 g/mol. The van der Waals surface area contributed by atoms with Crippen molar-refractivity contribution in [3.05, 3.63) is 35.4 Å². The topological polar surface area (TPSA) is 0 Å². The summed E-state index contributed by atoms with van der Waals surface area (Å²) < 4.78 is 0. The summed E-state index contributed by atoms with van der Waals surface area (Å²) in [5.74, 6) is 6.72. The van der Waals surface area contributed by atoms with E-state index in [4.69, 9.17) is 0 Å². The summed E-state index contributed by atoms with van der Waals surface area (Å²) in [4.78, 5) is 0. The molecule has 0 bridgehead atoms. The summed E-state index contributed by atoms with van der Waals surface area (Å²) in [5, 5.41) is 0. The number of hydrogen-bond donors (Lipinski definition) is 0. The fourth-order valence-corrected chi connectivity index (χ4v) is 0.950. The van der Waals surface area contributed by atoms with Gasteiger partial charge >= 0.3 is 0 Å². The lowest BCUT2D eigenvalue weighted by Gasteiger charge is -1.93. The Morgan fingerprint density at radius 3 is 2.58 bits per heavy atom. The standard InChI is InChI=1S/C12H14/c1-10(2)7-8-12-6-4-5-11(3)9-12/h4-6,9-10H,1-3H3. The number of hydrogen-bond acceptors (Lipinski definition) is 0. The predicted molar refractivity (Wildman–Crippen MR) is 52.9 cm³/mol. The van der Waals surface area contributed by atoms with Crippen LogP contribution in [0.15, 0.2) is 24.3 Å². The smallest absolute Gasteiger partial charge is 0.0247 e. The molecule has 0 fully saturated rings. The summed E-state index contributed by atoms with van der Waals surface area (Å²) in [6.45, 7) is 6.28. The Kier molecular flexibility index (Phi) is 2.94. The van der Waals surface area contributed by atoms with E-state index in [1.54, 1.807) is 0 Å². The van der Waals surface area contributed by atoms with Gasteiger partial charge in [-0.2, -0.15) is 0 Å². The van der Waals surface area contributed by atoms with E-state index in [0.717, 1.165) is 5.56 Å². The van der Waals surface area contributed by atoms with Gasteiger partial charge in [0.2, 0.25) is 0 Å². The van der Waals surface area contributed by atoms with Crippen molar-refractivity contribution in [2.24, 2.45) is 5.92 Å². The van der Waals surface area contributed by atoms with Gasteiger partial charge in [0.15, 0.2) is 0 Å². The van der Waals surface area contributed by atoms with Crippen molar-refractivity contribution in [2.75, 3.05) is 0 Å². The highest BCUT2D eigenvalue weighted by atomic mass is 13.9. The highest BCUT2D eigenvalue weighted by molar-refractivity contribution is 5.36. The molecular weight excluding hydrogens is 144 g/mol. The first-order valence-electron chi connectivity index (χ1n) is 4.26. The highest BCUT2D eigenvalue weighted by Crippen LogP contribution is 2.02. The minimum Gasteiger partial charge on any atom is -0.0951 e. The first-order chi connectivity index (χ1) is 5.68. The van der Waals surface area contributed by atoms with Gasteiger partial charge in [0, 0.05) is 11.5 Å². The van der Waals surface area contributed by atoms with Gasteiger partial charge in [-0.15, -0.1) is 0 Å². The zero-order valence-electron chi connectivity index (χ0n) is 7.89. The van der Waals surface area contributed by atoms with E-state index < -0.39 is 0 Å². The second-order valence-electron chi connectivity index (χ2n) is 3.29. The third kappa shape index (κ3) is 2.80. The Morgan fingerprint density at radius 1 is 1.25 bits per heavy atom. The third-order valence-corrected chi connectivity index (χ3v) is 1.52. The van der Waals surface area contributed by atoms with E-state index in [0.29, 0.717) is 5.92 Å². The molecule has 0 nitrogen and oxygen atoms in total. The molecule has 0 saturated heterocycles. The Labute approximate surface area is 74.6 Å². The minimum absolute atomic E-state index is 0.450. The largest absolute Gasteiger partial charge is 0.0951 e. The molecule has 12 heavy (non-hydrogen) atoms. The molecule has 1 rings (SSSR count). The summed E-state index contributed by atoms with van der Waals surface area (Å²) in [6.07, 6.45) is 0. The van der Waals surface area contributed by atoms with Crippen LogP contribution in [0.25, 0.3) is 0 Å². The van der Waals surface area contributed by atoms with Crippen LogP contribution in [-0.4, -0.2) is 0 Å². The number of rotatable bonds is 0. The van der Waals surface area contributed by atoms with Crippen molar-refractivity contribution >= 4 is 0 Å². The van der Waals surface area contributed by atoms with Crippen LogP contribution in [0.1, 0.15) is 25.0 Å². The van der Waals surface area contributed by atoms with Crippen LogP contribution in [-0.2, 0) is 0 Å². The summed E-state index contributed by atoms with van der Waals surface area (Å²) in [7, 11) is 0. The molecule has 0 atom stereocenters. The molecule has 0 aliphatic carbocycles. The van der Waals surface area contributed by atoms with Gasteiger partial charge < -0.3 is 0 Å². The zero-order chi connectivity index (χ0) is 8.97. The molecule has 0 unspecified atom stereocenters.